The lowest BCUT2D eigenvalue weighted by molar-refractivity contribution is -0.139. The number of sulfonamides is 1. The van der Waals surface area contributed by atoms with Crippen LogP contribution in [0.1, 0.15) is 18.4 Å². The molecule has 118 valence electrons. The number of aliphatic hydroxyl groups is 1. The van der Waals surface area contributed by atoms with Gasteiger partial charge in [-0.2, -0.15) is 17.5 Å². The topological polar surface area (TPSA) is 57.6 Å². The van der Waals surface area contributed by atoms with Crippen LogP contribution in [0.25, 0.3) is 0 Å². The van der Waals surface area contributed by atoms with Crippen LogP contribution < -0.4 is 0 Å². The zero-order chi connectivity index (χ0) is 15.8. The number of benzene rings is 1. The van der Waals surface area contributed by atoms with Gasteiger partial charge in [-0.15, -0.1) is 0 Å². The molecule has 1 aromatic rings. The molecule has 0 saturated carbocycles. The van der Waals surface area contributed by atoms with Gasteiger partial charge in [0.1, 0.15) is 4.90 Å². The van der Waals surface area contributed by atoms with Crippen molar-refractivity contribution in [2.45, 2.75) is 30.0 Å². The molecule has 1 heterocycles. The van der Waals surface area contributed by atoms with Crippen LogP contribution in [0, 0.1) is 0 Å². The average molecular weight is 344 g/mol. The Balaban J connectivity index is 2.50. The molecule has 1 aliphatic rings. The van der Waals surface area contributed by atoms with E-state index in [1.165, 1.54) is 0 Å². The first-order chi connectivity index (χ1) is 9.64. The molecule has 2 rings (SSSR count). The molecule has 0 unspecified atom stereocenters. The average Bonchev–Trinajstić information content (AvgIpc) is 2.37. The van der Waals surface area contributed by atoms with Gasteiger partial charge in [0.25, 0.3) is 0 Å². The van der Waals surface area contributed by atoms with E-state index in [1.54, 1.807) is 0 Å². The summed E-state index contributed by atoms with van der Waals surface area (Å²) >= 11 is 5.71. The Bertz CT molecular complexity index is 625. The quantitative estimate of drug-likeness (QED) is 0.897. The summed E-state index contributed by atoms with van der Waals surface area (Å²) in [6, 6.07) is 2.87. The van der Waals surface area contributed by atoms with Gasteiger partial charge in [-0.3, -0.25) is 0 Å². The Morgan fingerprint density at radius 2 is 1.81 bits per heavy atom. The molecule has 1 saturated heterocycles. The van der Waals surface area contributed by atoms with Crippen molar-refractivity contribution in [3.63, 3.8) is 0 Å². The highest BCUT2D eigenvalue weighted by molar-refractivity contribution is 7.89. The first kappa shape index (κ1) is 16.5. The van der Waals surface area contributed by atoms with Crippen molar-refractivity contribution in [1.29, 1.82) is 0 Å². The fraction of sp³-hybridized carbons (Fsp3) is 0.500. The van der Waals surface area contributed by atoms with E-state index in [9.17, 15) is 26.7 Å². The van der Waals surface area contributed by atoms with E-state index in [0.717, 1.165) is 16.4 Å². The van der Waals surface area contributed by atoms with Crippen molar-refractivity contribution >= 4 is 21.6 Å². The summed E-state index contributed by atoms with van der Waals surface area (Å²) in [5.41, 5.74) is -1.28. The van der Waals surface area contributed by atoms with Crippen molar-refractivity contribution in [2.24, 2.45) is 0 Å². The fourth-order valence-electron chi connectivity index (χ4n) is 2.21. The highest BCUT2D eigenvalue weighted by atomic mass is 35.5. The smallest absolute Gasteiger partial charge is 0.393 e. The summed E-state index contributed by atoms with van der Waals surface area (Å²) in [6.45, 7) is -0.0714. The predicted octanol–water partition coefficient (Wildman–Crippen LogP) is 2.50. The maximum absolute atomic E-state index is 13.0. The lowest BCUT2D eigenvalue weighted by Gasteiger charge is -2.29. The number of aliphatic hydroxyl groups excluding tert-OH is 1. The zero-order valence-corrected chi connectivity index (χ0v) is 12.3. The van der Waals surface area contributed by atoms with Gasteiger partial charge in [0, 0.05) is 13.1 Å². The van der Waals surface area contributed by atoms with E-state index in [2.05, 4.69) is 0 Å². The van der Waals surface area contributed by atoms with Crippen LogP contribution in [-0.2, 0) is 16.2 Å². The van der Waals surface area contributed by atoms with Crippen molar-refractivity contribution in [3.05, 3.63) is 28.8 Å². The number of halogens is 4. The van der Waals surface area contributed by atoms with Crippen molar-refractivity contribution in [3.8, 4) is 0 Å². The van der Waals surface area contributed by atoms with E-state index < -0.39 is 37.8 Å². The third-order valence-electron chi connectivity index (χ3n) is 3.29. The van der Waals surface area contributed by atoms with Gasteiger partial charge in [0.15, 0.2) is 0 Å². The van der Waals surface area contributed by atoms with Crippen molar-refractivity contribution < 1.29 is 26.7 Å². The lowest BCUT2D eigenvalue weighted by atomic mass is 10.1. The minimum Gasteiger partial charge on any atom is -0.393 e. The molecule has 9 heteroatoms. The van der Waals surface area contributed by atoms with E-state index in [4.69, 9.17) is 11.6 Å². The Labute approximate surface area is 125 Å². The molecule has 4 nitrogen and oxygen atoms in total. The molecule has 21 heavy (non-hydrogen) atoms. The molecule has 0 aromatic heterocycles. The molecular formula is C12H13ClF3NO3S. The van der Waals surface area contributed by atoms with Crippen LogP contribution in [0.5, 0.6) is 0 Å². The van der Waals surface area contributed by atoms with Crippen LogP contribution in [-0.4, -0.2) is 37.0 Å². The molecule has 0 aliphatic carbocycles. The summed E-state index contributed by atoms with van der Waals surface area (Å²) in [5, 5.41) is 8.91. The molecule has 1 fully saturated rings. The summed E-state index contributed by atoms with van der Waals surface area (Å²) < 4.78 is 64.8. The van der Waals surface area contributed by atoms with E-state index in [-0.39, 0.29) is 25.9 Å². The van der Waals surface area contributed by atoms with Gasteiger partial charge in [-0.25, -0.2) is 8.42 Å². The zero-order valence-electron chi connectivity index (χ0n) is 10.8. The summed E-state index contributed by atoms with van der Waals surface area (Å²) in [7, 11) is -4.36. The maximum atomic E-state index is 13.0. The monoisotopic (exact) mass is 343 g/mol. The van der Waals surface area contributed by atoms with Gasteiger partial charge >= 0.3 is 6.18 Å². The molecule has 0 bridgehead atoms. The Kier molecular flexibility index (Phi) is 4.53. The van der Waals surface area contributed by atoms with Crippen LogP contribution in [0.4, 0.5) is 13.2 Å². The SMILES string of the molecule is O=S(=O)(c1c(Cl)cccc1C(F)(F)F)N1CCC(O)CC1. The predicted molar refractivity (Wildman–Crippen MR) is 70.5 cm³/mol. The summed E-state index contributed by atoms with van der Waals surface area (Å²) in [6.07, 6.45) is -5.08. The Morgan fingerprint density at radius 1 is 1.24 bits per heavy atom. The number of rotatable bonds is 2. The van der Waals surface area contributed by atoms with Crippen LogP contribution >= 0.6 is 11.6 Å². The standard InChI is InChI=1S/C12H13ClF3NO3S/c13-10-3-1-2-9(12(14,15)16)11(10)21(19,20)17-6-4-8(18)5-7-17/h1-3,8,18H,4-7H2. The lowest BCUT2D eigenvalue weighted by Crippen LogP contribution is -2.40. The van der Waals surface area contributed by atoms with Crippen molar-refractivity contribution in [2.75, 3.05) is 13.1 Å². The second-order valence-corrected chi connectivity index (χ2v) is 7.03. The largest absolute Gasteiger partial charge is 0.417 e. The van der Waals surface area contributed by atoms with Gasteiger partial charge in [-0.1, -0.05) is 17.7 Å². The summed E-state index contributed by atoms with van der Waals surface area (Å²) in [4.78, 5) is -0.921. The first-order valence-electron chi connectivity index (χ1n) is 6.18. The molecular weight excluding hydrogens is 331 g/mol. The van der Waals surface area contributed by atoms with E-state index in [0.29, 0.717) is 6.07 Å². The van der Waals surface area contributed by atoms with Gasteiger partial charge in [0.2, 0.25) is 10.0 Å². The summed E-state index contributed by atoms with van der Waals surface area (Å²) in [5.74, 6) is 0. The molecule has 0 amide bonds. The molecule has 1 aliphatic heterocycles. The molecule has 0 spiro atoms. The molecule has 0 radical (unpaired) electrons. The van der Waals surface area contributed by atoms with Gasteiger partial charge in [-0.05, 0) is 25.0 Å². The third-order valence-corrected chi connectivity index (χ3v) is 5.72. The Hall–Kier alpha value is -0.830. The van der Waals surface area contributed by atoms with Gasteiger partial charge in [0.05, 0.1) is 16.7 Å². The minimum absolute atomic E-state index is 0.0357. The first-order valence-corrected chi connectivity index (χ1v) is 8.00. The number of piperidine rings is 1. The minimum atomic E-state index is -4.82. The fourth-order valence-corrected chi connectivity index (χ4v) is 4.40. The molecule has 1 N–H and O–H groups in total. The van der Waals surface area contributed by atoms with E-state index in [1.807, 2.05) is 0 Å². The second kappa shape index (κ2) is 5.75. The Morgan fingerprint density at radius 3 is 2.33 bits per heavy atom. The van der Waals surface area contributed by atoms with Crippen LogP contribution in [0.15, 0.2) is 23.1 Å². The van der Waals surface area contributed by atoms with E-state index >= 15 is 0 Å². The molecule has 1 aromatic carbocycles. The van der Waals surface area contributed by atoms with Crippen LogP contribution in [0.2, 0.25) is 5.02 Å². The number of alkyl halides is 3. The normalized spacial score (nSPS) is 18.9. The number of hydrogen-bond acceptors (Lipinski definition) is 3. The molecule has 0 atom stereocenters. The van der Waals surface area contributed by atoms with Crippen LogP contribution in [0.3, 0.4) is 0 Å². The second-order valence-electron chi connectivity index (χ2n) is 4.75. The maximum Gasteiger partial charge on any atom is 0.417 e. The number of hydrogen-bond donors (Lipinski definition) is 1. The third kappa shape index (κ3) is 3.33. The van der Waals surface area contributed by atoms with Gasteiger partial charge < -0.3 is 5.11 Å². The number of nitrogens with zero attached hydrogens (tertiary/aromatic N) is 1. The highest BCUT2D eigenvalue weighted by Gasteiger charge is 2.41. The van der Waals surface area contributed by atoms with Crippen molar-refractivity contribution in [1.82, 2.24) is 4.31 Å². The highest BCUT2D eigenvalue weighted by Crippen LogP contribution is 2.39.